The highest BCUT2D eigenvalue weighted by molar-refractivity contribution is 7.17. The van der Waals surface area contributed by atoms with Crippen LogP contribution >= 0.6 is 11.3 Å². The maximum absolute atomic E-state index is 12.0. The van der Waals surface area contributed by atoms with Crippen LogP contribution in [0.15, 0.2) is 63.9 Å². The highest BCUT2D eigenvalue weighted by Crippen LogP contribution is 2.40. The number of phenols is 1. The molecule has 2 aromatic carbocycles. The quantitative estimate of drug-likeness (QED) is 0.452. The number of thiophene rings is 1. The molecule has 0 spiro atoms. The van der Waals surface area contributed by atoms with E-state index in [4.69, 9.17) is 0 Å². The van der Waals surface area contributed by atoms with Crippen LogP contribution in [0.5, 0.6) is 11.5 Å². The lowest BCUT2D eigenvalue weighted by molar-refractivity contribution is 0.473. The lowest BCUT2D eigenvalue weighted by Crippen LogP contribution is -2.11. The molecule has 0 amide bonds. The Morgan fingerprint density at radius 3 is 2.30 bits per heavy atom. The third-order valence-electron chi connectivity index (χ3n) is 4.45. The monoisotopic (exact) mass is 378 g/mol. The smallest absolute Gasteiger partial charge is 0.258 e. The number of fused-ring (bicyclic) bond motifs is 1. The Kier molecular flexibility index (Phi) is 4.21. The molecular weight excluding hydrogens is 364 g/mol. The Bertz CT molecular complexity index is 1210. The van der Waals surface area contributed by atoms with Gasteiger partial charge in [0.1, 0.15) is 22.9 Å². The number of aromatic nitrogens is 1. The molecule has 0 aliphatic carbocycles. The molecule has 0 aliphatic heterocycles. The van der Waals surface area contributed by atoms with Gasteiger partial charge >= 0.3 is 0 Å². The van der Waals surface area contributed by atoms with Crippen LogP contribution in [-0.2, 0) is 6.54 Å². The predicted molar refractivity (Wildman–Crippen MR) is 106 cm³/mol. The molecule has 0 bridgehead atoms. The summed E-state index contributed by atoms with van der Waals surface area (Å²) < 4.78 is 0. The molecule has 6 nitrogen and oxygen atoms in total. The topological polar surface area (TPSA) is 103 Å². The van der Waals surface area contributed by atoms with Gasteiger partial charge in [-0.25, -0.2) is 0 Å². The summed E-state index contributed by atoms with van der Waals surface area (Å²) in [5, 5.41) is 25.6. The highest BCUT2D eigenvalue weighted by atomic mass is 32.1. The zero-order chi connectivity index (χ0) is 19.0. The van der Waals surface area contributed by atoms with Gasteiger partial charge in [-0.15, -0.1) is 11.3 Å². The molecule has 3 N–H and O–H groups in total. The summed E-state index contributed by atoms with van der Waals surface area (Å²) in [4.78, 5) is 25.8. The van der Waals surface area contributed by atoms with Crippen LogP contribution in [0.25, 0.3) is 32.5 Å². The van der Waals surface area contributed by atoms with Crippen molar-refractivity contribution in [3.8, 4) is 33.8 Å². The summed E-state index contributed by atoms with van der Waals surface area (Å²) >= 11 is 1.30. The molecule has 7 heteroatoms. The number of nitrogens with zero attached hydrogens (tertiary/aromatic N) is 1. The average molecular weight is 378 g/mol. The van der Waals surface area contributed by atoms with E-state index >= 15 is 0 Å². The number of benzene rings is 2. The number of nitroso groups, excluding NO2 is 1. The second-order valence-corrected chi connectivity index (χ2v) is 6.90. The largest absolute Gasteiger partial charge is 0.507 e. The van der Waals surface area contributed by atoms with Gasteiger partial charge in [-0.2, -0.15) is 4.91 Å². The third kappa shape index (κ3) is 2.88. The van der Waals surface area contributed by atoms with Crippen molar-refractivity contribution in [2.75, 3.05) is 0 Å². The van der Waals surface area contributed by atoms with Crippen molar-refractivity contribution in [2.45, 2.75) is 6.54 Å². The van der Waals surface area contributed by atoms with Crippen LogP contribution in [-0.4, -0.2) is 15.2 Å². The van der Waals surface area contributed by atoms with Gasteiger partial charge in [0.2, 0.25) is 0 Å². The molecule has 134 valence electrons. The summed E-state index contributed by atoms with van der Waals surface area (Å²) in [5.41, 5.74) is 2.63. The fourth-order valence-electron chi connectivity index (χ4n) is 3.09. The summed E-state index contributed by atoms with van der Waals surface area (Å²) in [6, 6.07) is 14.6. The highest BCUT2D eigenvalue weighted by Gasteiger charge is 2.17. The Morgan fingerprint density at radius 1 is 0.963 bits per heavy atom. The summed E-state index contributed by atoms with van der Waals surface area (Å²) in [6.07, 6.45) is 0. The molecule has 2 aromatic heterocycles. The maximum atomic E-state index is 12.0. The Morgan fingerprint density at radius 2 is 1.63 bits per heavy atom. The van der Waals surface area contributed by atoms with Crippen LogP contribution in [0.3, 0.4) is 0 Å². The zero-order valence-corrected chi connectivity index (χ0v) is 14.8. The van der Waals surface area contributed by atoms with E-state index in [1.165, 1.54) is 11.3 Å². The Balaban J connectivity index is 1.83. The number of phenolic OH excluding ortho intramolecular Hbond substituents is 1. The minimum atomic E-state index is -0.511. The van der Waals surface area contributed by atoms with Gasteiger partial charge < -0.3 is 15.2 Å². The van der Waals surface area contributed by atoms with E-state index < -0.39 is 12.1 Å². The van der Waals surface area contributed by atoms with E-state index in [1.807, 2.05) is 41.8 Å². The summed E-state index contributed by atoms with van der Waals surface area (Å²) in [6.45, 7) is -0.390. The average Bonchev–Trinajstić information content (AvgIpc) is 3.09. The van der Waals surface area contributed by atoms with Gasteiger partial charge in [-0.05, 0) is 17.2 Å². The number of H-pyrrole nitrogens is 1. The normalized spacial score (nSPS) is 11.0. The van der Waals surface area contributed by atoms with Crippen molar-refractivity contribution < 1.29 is 10.2 Å². The molecule has 4 rings (SSSR count). The van der Waals surface area contributed by atoms with E-state index in [0.717, 1.165) is 22.3 Å². The number of nitrogens with one attached hydrogen (secondary N) is 1. The predicted octanol–water partition coefficient (Wildman–Crippen LogP) is 4.60. The fraction of sp³-hybridized carbons (Fsp3) is 0.0500. The minimum absolute atomic E-state index is 0.0389. The first-order chi connectivity index (χ1) is 13.1. The van der Waals surface area contributed by atoms with Crippen LogP contribution < -0.4 is 5.56 Å². The molecule has 0 unspecified atom stereocenters. The first-order valence-electron chi connectivity index (χ1n) is 8.13. The summed E-state index contributed by atoms with van der Waals surface area (Å²) in [7, 11) is 0. The molecule has 0 aliphatic rings. The lowest BCUT2D eigenvalue weighted by atomic mass is 9.99. The van der Waals surface area contributed by atoms with Crippen molar-refractivity contribution in [1.82, 2.24) is 4.98 Å². The lowest BCUT2D eigenvalue weighted by Gasteiger charge is -2.07. The van der Waals surface area contributed by atoms with Gasteiger partial charge in [0, 0.05) is 16.5 Å². The molecule has 0 fully saturated rings. The minimum Gasteiger partial charge on any atom is -0.507 e. The standard InChI is InChI=1S/C20H14N2O4S/c23-16-4-2-1-3-13(16)11-5-7-12(8-6-11)15-10-27-20-17(15)18(24)14(9-21-26)19(25)22-20/h1-8,10,23H,9H2,(H2,22,24,25). The first kappa shape index (κ1) is 17.0. The van der Waals surface area contributed by atoms with Gasteiger partial charge in [0.15, 0.2) is 0 Å². The van der Waals surface area contributed by atoms with Gasteiger partial charge in [-0.1, -0.05) is 47.6 Å². The van der Waals surface area contributed by atoms with Crippen molar-refractivity contribution >= 4 is 21.6 Å². The van der Waals surface area contributed by atoms with E-state index in [2.05, 4.69) is 10.2 Å². The Hall–Kier alpha value is -3.45. The first-order valence-corrected chi connectivity index (χ1v) is 9.01. The fourth-order valence-corrected chi connectivity index (χ4v) is 4.06. The van der Waals surface area contributed by atoms with Gasteiger partial charge in [0.05, 0.1) is 10.9 Å². The summed E-state index contributed by atoms with van der Waals surface area (Å²) in [5.74, 6) is -0.0122. The number of aromatic hydroxyl groups is 2. The molecule has 2 heterocycles. The van der Waals surface area contributed by atoms with E-state index in [9.17, 15) is 19.9 Å². The second kappa shape index (κ2) is 6.69. The number of rotatable bonds is 4. The molecule has 0 saturated heterocycles. The Labute approximate surface area is 157 Å². The van der Waals surface area contributed by atoms with Gasteiger partial charge in [-0.3, -0.25) is 4.79 Å². The third-order valence-corrected chi connectivity index (χ3v) is 5.34. The van der Waals surface area contributed by atoms with Crippen molar-refractivity contribution in [1.29, 1.82) is 0 Å². The number of para-hydroxylation sites is 1. The molecular formula is C20H14N2O4S. The van der Waals surface area contributed by atoms with E-state index in [1.54, 1.807) is 12.1 Å². The second-order valence-electron chi connectivity index (χ2n) is 6.02. The van der Waals surface area contributed by atoms with E-state index in [-0.39, 0.29) is 17.1 Å². The van der Waals surface area contributed by atoms with Crippen LogP contribution in [0, 0.1) is 4.91 Å². The number of hydrogen-bond donors (Lipinski definition) is 3. The molecule has 0 radical (unpaired) electrons. The number of pyridine rings is 1. The molecule has 4 aromatic rings. The maximum Gasteiger partial charge on any atom is 0.258 e. The molecule has 27 heavy (non-hydrogen) atoms. The number of aromatic amines is 1. The molecule has 0 atom stereocenters. The van der Waals surface area contributed by atoms with Crippen molar-refractivity contribution in [2.24, 2.45) is 5.18 Å². The van der Waals surface area contributed by atoms with Gasteiger partial charge in [0.25, 0.3) is 5.56 Å². The van der Waals surface area contributed by atoms with Crippen LogP contribution in [0.4, 0.5) is 0 Å². The van der Waals surface area contributed by atoms with Crippen molar-refractivity contribution in [3.05, 3.63) is 74.7 Å². The van der Waals surface area contributed by atoms with Crippen molar-refractivity contribution in [3.63, 3.8) is 0 Å². The molecule has 0 saturated carbocycles. The van der Waals surface area contributed by atoms with Crippen LogP contribution in [0.2, 0.25) is 0 Å². The van der Waals surface area contributed by atoms with E-state index in [0.29, 0.717) is 10.2 Å². The number of hydrogen-bond acceptors (Lipinski definition) is 6. The zero-order valence-electron chi connectivity index (χ0n) is 14.0. The SMILES string of the molecule is O=NCc1c(O)c2c(-c3ccc(-c4ccccc4O)cc3)csc2[nH]c1=O. The van der Waals surface area contributed by atoms with Crippen LogP contribution in [0.1, 0.15) is 5.56 Å².